The Kier molecular flexibility index (Phi) is 3.70. The zero-order chi connectivity index (χ0) is 16.5. The number of para-hydroxylation sites is 1. The van der Waals surface area contributed by atoms with Gasteiger partial charge in [0.1, 0.15) is 5.82 Å². The Labute approximate surface area is 140 Å². The number of nitrogens with one attached hydrogen (secondary N) is 4. The van der Waals surface area contributed by atoms with Crippen LogP contribution in [0.3, 0.4) is 0 Å². The molecule has 4 rings (SSSR count). The third-order valence-electron chi connectivity index (χ3n) is 4.32. The van der Waals surface area contributed by atoms with Gasteiger partial charge in [0.2, 0.25) is 0 Å². The van der Waals surface area contributed by atoms with E-state index in [-0.39, 0.29) is 0 Å². The van der Waals surface area contributed by atoms with Crippen LogP contribution in [0.25, 0.3) is 33.3 Å². The average molecular weight is 319 g/mol. The number of fused-ring (bicyclic) bond motifs is 2. The zero-order valence-corrected chi connectivity index (χ0v) is 13.9. The molecule has 2 aromatic carbocycles. The van der Waals surface area contributed by atoms with Gasteiger partial charge in [0.25, 0.3) is 0 Å². The summed E-state index contributed by atoms with van der Waals surface area (Å²) in [4.78, 5) is 11.7. The van der Waals surface area contributed by atoms with Gasteiger partial charge < -0.3 is 20.6 Å². The van der Waals surface area contributed by atoms with Gasteiger partial charge in [0.05, 0.1) is 11.0 Å². The van der Waals surface area contributed by atoms with Crippen LogP contribution in [-0.4, -0.2) is 35.1 Å². The quantitative estimate of drug-likeness (QED) is 0.424. The van der Waals surface area contributed by atoms with E-state index in [1.54, 1.807) is 0 Å². The molecule has 0 aliphatic heterocycles. The first kappa shape index (κ1) is 14.8. The van der Waals surface area contributed by atoms with Crippen molar-refractivity contribution in [1.82, 2.24) is 20.3 Å². The minimum absolute atomic E-state index is 0.893. The minimum Gasteiger partial charge on any atom is -0.384 e. The van der Waals surface area contributed by atoms with Crippen molar-refractivity contribution in [3.8, 4) is 11.4 Å². The molecule has 122 valence electrons. The molecule has 4 aromatic rings. The van der Waals surface area contributed by atoms with Crippen molar-refractivity contribution >= 4 is 27.6 Å². The number of imidazole rings is 1. The molecule has 0 radical (unpaired) electrons. The third kappa shape index (κ3) is 2.53. The first-order valence-corrected chi connectivity index (χ1v) is 8.22. The van der Waals surface area contributed by atoms with Crippen LogP contribution in [-0.2, 0) is 0 Å². The molecule has 0 amide bonds. The smallest absolute Gasteiger partial charge is 0.140 e. The summed E-state index contributed by atoms with van der Waals surface area (Å²) < 4.78 is 0. The van der Waals surface area contributed by atoms with Gasteiger partial charge in [-0.15, -0.1) is 0 Å². The third-order valence-corrected chi connectivity index (χ3v) is 4.32. The number of hydrogen-bond acceptors (Lipinski definition) is 3. The molecule has 0 aliphatic carbocycles. The fraction of sp³-hybridized carbons (Fsp3) is 0.211. The molecule has 0 unspecified atom stereocenters. The topological polar surface area (TPSA) is 68.5 Å². The number of nitrogens with zero attached hydrogens (tertiary/aromatic N) is 1. The first-order valence-electron chi connectivity index (χ1n) is 8.22. The number of hydrogen-bond donors (Lipinski definition) is 4. The number of H-pyrrole nitrogens is 2. The predicted molar refractivity (Wildman–Crippen MR) is 101 cm³/mol. The van der Waals surface area contributed by atoms with Crippen LogP contribution in [0, 0.1) is 6.92 Å². The minimum atomic E-state index is 0.893. The Hall–Kier alpha value is -2.79. The highest BCUT2D eigenvalue weighted by atomic mass is 15.0. The van der Waals surface area contributed by atoms with Crippen molar-refractivity contribution in [3.63, 3.8) is 0 Å². The normalized spacial score (nSPS) is 11.4. The second-order valence-electron chi connectivity index (χ2n) is 6.02. The number of anilines is 1. The van der Waals surface area contributed by atoms with Gasteiger partial charge in [-0.2, -0.15) is 0 Å². The highest BCUT2D eigenvalue weighted by Crippen LogP contribution is 2.31. The fourth-order valence-corrected chi connectivity index (χ4v) is 3.15. The van der Waals surface area contributed by atoms with E-state index >= 15 is 0 Å². The van der Waals surface area contributed by atoms with Crippen molar-refractivity contribution in [2.24, 2.45) is 0 Å². The maximum atomic E-state index is 4.79. The molecule has 0 saturated heterocycles. The van der Waals surface area contributed by atoms with E-state index in [0.29, 0.717) is 0 Å². The van der Waals surface area contributed by atoms with E-state index < -0.39 is 0 Å². The molecule has 0 aliphatic rings. The zero-order valence-electron chi connectivity index (χ0n) is 13.9. The Morgan fingerprint density at radius 3 is 2.75 bits per heavy atom. The van der Waals surface area contributed by atoms with Gasteiger partial charge in [-0.1, -0.05) is 18.2 Å². The van der Waals surface area contributed by atoms with Gasteiger partial charge in [0.15, 0.2) is 0 Å². The van der Waals surface area contributed by atoms with Crippen molar-refractivity contribution in [2.75, 3.05) is 25.5 Å². The number of benzene rings is 2. The summed E-state index contributed by atoms with van der Waals surface area (Å²) in [5.74, 6) is 0.910. The summed E-state index contributed by atoms with van der Waals surface area (Å²) in [5, 5.41) is 7.74. The van der Waals surface area contributed by atoms with Gasteiger partial charge in [-0.3, -0.25) is 0 Å². The van der Waals surface area contributed by atoms with E-state index in [1.807, 2.05) is 13.1 Å². The lowest BCUT2D eigenvalue weighted by Crippen LogP contribution is -2.17. The number of aryl methyl sites for hydroxylation is 1. The van der Waals surface area contributed by atoms with Crippen LogP contribution in [0.4, 0.5) is 5.69 Å². The summed E-state index contributed by atoms with van der Waals surface area (Å²) in [6.07, 6.45) is 0. The van der Waals surface area contributed by atoms with Crippen molar-refractivity contribution < 1.29 is 0 Å². The molecule has 0 fully saturated rings. The lowest BCUT2D eigenvalue weighted by atomic mass is 10.1. The van der Waals surface area contributed by atoms with Crippen LogP contribution < -0.4 is 10.6 Å². The SMILES string of the molecule is CNCCNc1ccc2nc(-c3c(C)[nH]c4ccccc34)[nH]c2c1. The molecule has 0 bridgehead atoms. The second-order valence-corrected chi connectivity index (χ2v) is 6.02. The molecule has 0 atom stereocenters. The molecule has 5 nitrogen and oxygen atoms in total. The van der Waals surface area contributed by atoms with Crippen LogP contribution in [0.1, 0.15) is 5.69 Å². The van der Waals surface area contributed by atoms with Crippen LogP contribution in [0.2, 0.25) is 0 Å². The fourth-order valence-electron chi connectivity index (χ4n) is 3.15. The summed E-state index contributed by atoms with van der Waals surface area (Å²) in [6.45, 7) is 3.92. The standard InChI is InChI=1S/C19H21N5/c1-12-18(14-5-3-4-6-15(14)22-12)19-23-16-8-7-13(11-17(16)24-19)21-10-9-20-2/h3-8,11,20-22H,9-10H2,1-2H3,(H,23,24). The van der Waals surface area contributed by atoms with Gasteiger partial charge in [-0.25, -0.2) is 4.98 Å². The Morgan fingerprint density at radius 2 is 1.88 bits per heavy atom. The maximum absolute atomic E-state index is 4.79. The van der Waals surface area contributed by atoms with E-state index in [1.165, 1.54) is 5.39 Å². The van der Waals surface area contributed by atoms with Gasteiger partial charge in [0, 0.05) is 40.9 Å². The summed E-state index contributed by atoms with van der Waals surface area (Å²) >= 11 is 0. The highest BCUT2D eigenvalue weighted by Gasteiger charge is 2.14. The van der Waals surface area contributed by atoms with E-state index in [2.05, 4.69) is 63.9 Å². The number of likely N-dealkylation sites (N-methyl/N-ethyl adjacent to an activating group) is 1. The molecule has 0 spiro atoms. The van der Waals surface area contributed by atoms with Crippen LogP contribution >= 0.6 is 0 Å². The van der Waals surface area contributed by atoms with E-state index in [4.69, 9.17) is 4.98 Å². The highest BCUT2D eigenvalue weighted by molar-refractivity contribution is 5.97. The lowest BCUT2D eigenvalue weighted by Gasteiger charge is -2.05. The number of aromatic nitrogens is 3. The lowest BCUT2D eigenvalue weighted by molar-refractivity contribution is 0.824. The van der Waals surface area contributed by atoms with E-state index in [0.717, 1.165) is 52.4 Å². The van der Waals surface area contributed by atoms with Crippen molar-refractivity contribution in [2.45, 2.75) is 6.92 Å². The molecular formula is C19H21N5. The maximum Gasteiger partial charge on any atom is 0.140 e. The number of rotatable bonds is 5. The van der Waals surface area contributed by atoms with Gasteiger partial charge >= 0.3 is 0 Å². The first-order chi connectivity index (χ1) is 11.8. The predicted octanol–water partition coefficient (Wildman–Crippen LogP) is 3.65. The second kappa shape index (κ2) is 6.02. The summed E-state index contributed by atoms with van der Waals surface area (Å²) in [6, 6.07) is 14.6. The van der Waals surface area contributed by atoms with Crippen molar-refractivity contribution in [1.29, 1.82) is 0 Å². The molecule has 2 aromatic heterocycles. The molecule has 2 heterocycles. The Balaban J connectivity index is 1.75. The van der Waals surface area contributed by atoms with Crippen LogP contribution in [0.15, 0.2) is 42.5 Å². The average Bonchev–Trinajstić information content (AvgIpc) is 3.13. The molecule has 5 heteroatoms. The monoisotopic (exact) mass is 319 g/mol. The molecule has 4 N–H and O–H groups in total. The Morgan fingerprint density at radius 1 is 1.00 bits per heavy atom. The van der Waals surface area contributed by atoms with E-state index in [9.17, 15) is 0 Å². The van der Waals surface area contributed by atoms with Crippen molar-refractivity contribution in [3.05, 3.63) is 48.2 Å². The van der Waals surface area contributed by atoms with Crippen LogP contribution in [0.5, 0.6) is 0 Å². The summed E-state index contributed by atoms with van der Waals surface area (Å²) in [5.41, 5.74) is 6.54. The Bertz CT molecular complexity index is 996. The largest absolute Gasteiger partial charge is 0.384 e. The van der Waals surface area contributed by atoms with Gasteiger partial charge in [-0.05, 0) is 38.2 Å². The molecule has 0 saturated carbocycles. The summed E-state index contributed by atoms with van der Waals surface area (Å²) in [7, 11) is 1.95. The molecule has 24 heavy (non-hydrogen) atoms. The molecular weight excluding hydrogens is 298 g/mol. The number of aromatic amines is 2.